The van der Waals surface area contributed by atoms with Crippen LogP contribution in [0.5, 0.6) is 0 Å². The van der Waals surface area contributed by atoms with E-state index >= 15 is 0 Å². The highest BCUT2D eigenvalue weighted by atomic mass is 127. The van der Waals surface area contributed by atoms with Crippen molar-refractivity contribution in [3.05, 3.63) is 41.7 Å². The quantitative estimate of drug-likeness (QED) is 0.301. The molecule has 0 saturated carbocycles. The van der Waals surface area contributed by atoms with Gasteiger partial charge in [-0.1, -0.05) is 25.9 Å². The Morgan fingerprint density at radius 2 is 2.21 bits per heavy atom. The second kappa shape index (κ2) is 12.2. The van der Waals surface area contributed by atoms with Crippen molar-refractivity contribution < 1.29 is 8.94 Å². The predicted octanol–water partition coefficient (Wildman–Crippen LogP) is 3.77. The number of halogens is 1. The molecule has 7 nitrogen and oxygen atoms in total. The van der Waals surface area contributed by atoms with Crippen molar-refractivity contribution in [2.24, 2.45) is 4.99 Å². The Morgan fingerprint density at radius 3 is 2.90 bits per heavy atom. The summed E-state index contributed by atoms with van der Waals surface area (Å²) in [5.41, 5.74) is 0.968. The summed E-state index contributed by atoms with van der Waals surface area (Å²) >= 11 is 0. The summed E-state index contributed by atoms with van der Waals surface area (Å²) in [5, 5.41) is 11.0. The van der Waals surface area contributed by atoms with E-state index in [0.29, 0.717) is 18.5 Å². The first-order valence-corrected chi connectivity index (χ1v) is 10.4. The summed E-state index contributed by atoms with van der Waals surface area (Å²) in [6, 6.07) is 6.47. The van der Waals surface area contributed by atoms with E-state index in [-0.39, 0.29) is 24.0 Å². The lowest BCUT2D eigenvalue weighted by Crippen LogP contribution is -2.45. The van der Waals surface area contributed by atoms with Gasteiger partial charge in [-0.05, 0) is 44.0 Å². The van der Waals surface area contributed by atoms with Crippen LogP contribution in [0.15, 0.2) is 38.4 Å². The third-order valence-electron chi connectivity index (χ3n) is 5.22. The van der Waals surface area contributed by atoms with E-state index in [4.69, 9.17) is 13.9 Å². The van der Waals surface area contributed by atoms with E-state index in [1.807, 2.05) is 18.2 Å². The molecular weight excluding hydrogens is 481 g/mol. The Labute approximate surface area is 190 Å². The minimum Gasteiger partial charge on any atom is -0.469 e. The zero-order chi connectivity index (χ0) is 19.8. The molecule has 0 bridgehead atoms. The SMILES string of the molecule is CCN1CCCC1CNC(=NCc1cc(C(C)C)no1)NCCc1ccco1.I. The van der Waals surface area contributed by atoms with Gasteiger partial charge in [0.15, 0.2) is 11.7 Å². The summed E-state index contributed by atoms with van der Waals surface area (Å²) in [7, 11) is 0. The molecule has 1 fully saturated rings. The Bertz CT molecular complexity index is 729. The van der Waals surface area contributed by atoms with Gasteiger partial charge in [-0.3, -0.25) is 4.90 Å². The molecule has 1 atom stereocenters. The molecule has 29 heavy (non-hydrogen) atoms. The zero-order valence-electron chi connectivity index (χ0n) is 17.7. The van der Waals surface area contributed by atoms with Crippen molar-refractivity contribution in [3.63, 3.8) is 0 Å². The van der Waals surface area contributed by atoms with Gasteiger partial charge in [0.1, 0.15) is 12.3 Å². The van der Waals surface area contributed by atoms with Crippen molar-refractivity contribution in [2.75, 3.05) is 26.2 Å². The van der Waals surface area contributed by atoms with Gasteiger partial charge in [-0.25, -0.2) is 4.99 Å². The molecule has 0 aliphatic carbocycles. The van der Waals surface area contributed by atoms with E-state index in [0.717, 1.165) is 49.2 Å². The van der Waals surface area contributed by atoms with Crippen molar-refractivity contribution in [1.82, 2.24) is 20.7 Å². The Balaban J connectivity index is 0.00000300. The lowest BCUT2D eigenvalue weighted by molar-refractivity contribution is 0.267. The third kappa shape index (κ3) is 7.33. The van der Waals surface area contributed by atoms with Crippen LogP contribution in [0.2, 0.25) is 0 Å². The zero-order valence-corrected chi connectivity index (χ0v) is 20.0. The minimum atomic E-state index is 0. The largest absolute Gasteiger partial charge is 0.469 e. The van der Waals surface area contributed by atoms with Crippen LogP contribution in [-0.4, -0.2) is 48.2 Å². The van der Waals surface area contributed by atoms with E-state index in [2.05, 4.69) is 41.5 Å². The van der Waals surface area contributed by atoms with E-state index in [1.54, 1.807) is 6.26 Å². The summed E-state index contributed by atoms with van der Waals surface area (Å²) in [6.07, 6.45) is 5.03. The van der Waals surface area contributed by atoms with Gasteiger partial charge >= 0.3 is 0 Å². The molecule has 2 aromatic rings. The maximum atomic E-state index is 5.42. The average molecular weight is 515 g/mol. The Morgan fingerprint density at radius 1 is 1.34 bits per heavy atom. The molecule has 1 aliphatic heterocycles. The standard InChI is InChI=1S/C21H33N5O2.HI/c1-4-26-11-5-7-17(26)14-23-21(22-10-9-18-8-6-12-27-18)24-15-19-13-20(16(2)3)25-28-19;/h6,8,12-13,16-17H,4-5,7,9-11,14-15H2,1-3H3,(H2,22,23,24);1H. The van der Waals surface area contributed by atoms with E-state index < -0.39 is 0 Å². The summed E-state index contributed by atoms with van der Waals surface area (Å²) in [5.74, 6) is 2.91. The summed E-state index contributed by atoms with van der Waals surface area (Å²) in [4.78, 5) is 7.24. The number of likely N-dealkylation sites (N-methyl/N-ethyl adjacent to an activating group) is 1. The third-order valence-corrected chi connectivity index (χ3v) is 5.22. The second-order valence-corrected chi connectivity index (χ2v) is 7.60. The van der Waals surface area contributed by atoms with Crippen molar-refractivity contribution in [2.45, 2.75) is 58.5 Å². The number of aromatic nitrogens is 1. The fourth-order valence-corrected chi connectivity index (χ4v) is 3.52. The number of guanidine groups is 1. The highest BCUT2D eigenvalue weighted by Gasteiger charge is 2.22. The number of rotatable bonds is 9. The van der Waals surface area contributed by atoms with Gasteiger partial charge in [-0.15, -0.1) is 24.0 Å². The first-order chi connectivity index (χ1) is 13.7. The minimum absolute atomic E-state index is 0. The molecule has 162 valence electrons. The predicted molar refractivity (Wildman–Crippen MR) is 126 cm³/mol. The molecule has 0 aromatic carbocycles. The molecule has 3 heterocycles. The normalized spacial score (nSPS) is 17.5. The van der Waals surface area contributed by atoms with Crippen LogP contribution in [0.1, 0.15) is 56.7 Å². The molecule has 8 heteroatoms. The number of likely N-dealkylation sites (tertiary alicyclic amines) is 1. The van der Waals surface area contributed by atoms with Crippen LogP contribution in [-0.2, 0) is 13.0 Å². The molecule has 1 unspecified atom stereocenters. The Hall–Kier alpha value is -1.55. The average Bonchev–Trinajstić information content (AvgIpc) is 3.45. The number of nitrogens with one attached hydrogen (secondary N) is 2. The van der Waals surface area contributed by atoms with Crippen LogP contribution in [0.4, 0.5) is 0 Å². The van der Waals surface area contributed by atoms with Crippen LogP contribution in [0, 0.1) is 0 Å². The molecule has 3 rings (SSSR count). The van der Waals surface area contributed by atoms with E-state index in [1.165, 1.54) is 19.4 Å². The highest BCUT2D eigenvalue weighted by molar-refractivity contribution is 14.0. The first kappa shape index (κ1) is 23.7. The number of hydrogen-bond donors (Lipinski definition) is 2. The van der Waals surface area contributed by atoms with Crippen molar-refractivity contribution >= 4 is 29.9 Å². The molecule has 2 aromatic heterocycles. The second-order valence-electron chi connectivity index (χ2n) is 7.60. The van der Waals surface area contributed by atoms with E-state index in [9.17, 15) is 0 Å². The molecule has 2 N–H and O–H groups in total. The Kier molecular flexibility index (Phi) is 9.99. The molecule has 0 amide bonds. The van der Waals surface area contributed by atoms with Gasteiger partial charge in [0.25, 0.3) is 0 Å². The van der Waals surface area contributed by atoms with Gasteiger partial charge in [-0.2, -0.15) is 0 Å². The van der Waals surface area contributed by atoms with Crippen molar-refractivity contribution in [1.29, 1.82) is 0 Å². The number of hydrogen-bond acceptors (Lipinski definition) is 5. The number of furan rings is 1. The highest BCUT2D eigenvalue weighted by Crippen LogP contribution is 2.16. The molecule has 1 aliphatic rings. The molecule has 1 saturated heterocycles. The lowest BCUT2D eigenvalue weighted by atomic mass is 10.1. The van der Waals surface area contributed by atoms with Gasteiger partial charge in [0, 0.05) is 31.6 Å². The monoisotopic (exact) mass is 515 g/mol. The van der Waals surface area contributed by atoms with Crippen LogP contribution in [0.25, 0.3) is 0 Å². The molecule has 0 radical (unpaired) electrons. The topological polar surface area (TPSA) is 78.8 Å². The fraction of sp³-hybridized carbons (Fsp3) is 0.619. The van der Waals surface area contributed by atoms with Gasteiger partial charge in [0.2, 0.25) is 0 Å². The lowest BCUT2D eigenvalue weighted by Gasteiger charge is -2.24. The summed E-state index contributed by atoms with van der Waals surface area (Å²) in [6.45, 7) is 10.9. The van der Waals surface area contributed by atoms with Gasteiger partial charge < -0.3 is 19.6 Å². The maximum Gasteiger partial charge on any atom is 0.191 e. The number of aliphatic imine (C=N–C) groups is 1. The molecule has 0 spiro atoms. The maximum absolute atomic E-state index is 5.42. The van der Waals surface area contributed by atoms with Crippen LogP contribution in [0.3, 0.4) is 0 Å². The fourth-order valence-electron chi connectivity index (χ4n) is 3.52. The first-order valence-electron chi connectivity index (χ1n) is 10.4. The summed E-state index contributed by atoms with van der Waals surface area (Å²) < 4.78 is 10.8. The van der Waals surface area contributed by atoms with Gasteiger partial charge in [0.05, 0.1) is 12.0 Å². The van der Waals surface area contributed by atoms with Crippen LogP contribution >= 0.6 is 24.0 Å². The van der Waals surface area contributed by atoms with Crippen molar-refractivity contribution in [3.8, 4) is 0 Å². The molecular formula is C21H34IN5O2. The van der Waals surface area contributed by atoms with Crippen LogP contribution < -0.4 is 10.6 Å². The number of nitrogens with zero attached hydrogens (tertiary/aromatic N) is 3. The smallest absolute Gasteiger partial charge is 0.191 e.